The van der Waals surface area contributed by atoms with Crippen LogP contribution in [0, 0.1) is 11.8 Å². The van der Waals surface area contributed by atoms with E-state index in [0.717, 1.165) is 5.52 Å². The number of carbonyl (C=O) groups is 3. The summed E-state index contributed by atoms with van der Waals surface area (Å²) in [6.45, 7) is 5.99. The third kappa shape index (κ3) is 4.35. The summed E-state index contributed by atoms with van der Waals surface area (Å²) >= 11 is 1.59. The number of amides is 3. The smallest absolute Gasteiger partial charge is 0.245 e. The zero-order valence-electron chi connectivity index (χ0n) is 23.2. The molecule has 3 N–H and O–H groups in total. The zero-order chi connectivity index (χ0) is 28.9. The number of para-hydroxylation sites is 1. The zero-order valence-corrected chi connectivity index (χ0v) is 24.1. The Hall–Kier alpha value is -3.64. The minimum absolute atomic E-state index is 0.0791. The van der Waals surface area contributed by atoms with Crippen molar-refractivity contribution in [3.05, 3.63) is 48.5 Å². The molecule has 11 nitrogen and oxygen atoms in total. The molecule has 3 fully saturated rings. The van der Waals surface area contributed by atoms with Gasteiger partial charge in [0.15, 0.2) is 0 Å². The molecule has 1 spiro atoms. The largest absolute Gasteiger partial charge is 0.494 e. The number of aliphatic hydroxyl groups excluding tert-OH is 1. The molecule has 216 valence electrons. The van der Waals surface area contributed by atoms with E-state index in [1.54, 1.807) is 47.6 Å². The predicted octanol–water partition coefficient (Wildman–Crippen LogP) is 2.40. The van der Waals surface area contributed by atoms with Crippen molar-refractivity contribution in [3.63, 3.8) is 0 Å². The van der Waals surface area contributed by atoms with E-state index in [0.29, 0.717) is 36.4 Å². The Morgan fingerprint density at radius 2 is 1.93 bits per heavy atom. The van der Waals surface area contributed by atoms with Gasteiger partial charge in [0.1, 0.15) is 24.0 Å². The number of nitrogens with zero attached hydrogens (tertiary/aromatic N) is 4. The molecule has 3 aliphatic heterocycles. The average Bonchev–Trinajstić information content (AvgIpc) is 3.68. The molecule has 41 heavy (non-hydrogen) atoms. The highest BCUT2D eigenvalue weighted by atomic mass is 32.2. The normalized spacial score (nSPS) is 29.0. The number of anilines is 1. The van der Waals surface area contributed by atoms with E-state index in [2.05, 4.69) is 20.9 Å². The van der Waals surface area contributed by atoms with E-state index < -0.39 is 33.4 Å². The summed E-state index contributed by atoms with van der Waals surface area (Å²) < 4.78 is 5.81. The molecule has 0 saturated carbocycles. The van der Waals surface area contributed by atoms with Crippen molar-refractivity contribution in [3.8, 4) is 5.75 Å². The van der Waals surface area contributed by atoms with E-state index in [1.807, 2.05) is 38.1 Å². The van der Waals surface area contributed by atoms with E-state index in [4.69, 9.17) is 4.74 Å². The van der Waals surface area contributed by atoms with Gasteiger partial charge in [0, 0.05) is 10.4 Å². The maximum atomic E-state index is 14.1. The fraction of sp³-hybridized carbons (Fsp3) is 0.483. The highest BCUT2D eigenvalue weighted by Crippen LogP contribution is 2.71. The van der Waals surface area contributed by atoms with Crippen LogP contribution in [0.3, 0.4) is 0 Å². The first-order chi connectivity index (χ1) is 19.7. The fourth-order valence-electron chi connectivity index (χ4n) is 6.93. The van der Waals surface area contributed by atoms with Crippen LogP contribution in [-0.4, -0.2) is 77.5 Å². The van der Waals surface area contributed by atoms with E-state index in [9.17, 15) is 19.5 Å². The first-order valence-corrected chi connectivity index (χ1v) is 14.8. The topological polar surface area (TPSA) is 139 Å². The van der Waals surface area contributed by atoms with Gasteiger partial charge in [-0.3, -0.25) is 14.4 Å². The summed E-state index contributed by atoms with van der Waals surface area (Å²) in [7, 11) is 0. The van der Waals surface area contributed by atoms with Crippen molar-refractivity contribution >= 4 is 46.2 Å². The van der Waals surface area contributed by atoms with Gasteiger partial charge in [0.05, 0.1) is 41.4 Å². The molecule has 0 radical (unpaired) electrons. The molecule has 4 heterocycles. The fourth-order valence-corrected chi connectivity index (χ4v) is 9.27. The monoisotopic (exact) mass is 578 g/mol. The number of thioether (sulfide) groups is 1. The summed E-state index contributed by atoms with van der Waals surface area (Å²) in [4.78, 5) is 43.4. The first kappa shape index (κ1) is 27.5. The number of fused-ring (bicyclic) bond motifs is 2. The van der Waals surface area contributed by atoms with Gasteiger partial charge in [-0.15, -0.1) is 16.9 Å². The van der Waals surface area contributed by atoms with Crippen molar-refractivity contribution in [2.75, 3.05) is 18.5 Å². The molecule has 6 atom stereocenters. The molecule has 1 aromatic heterocycles. The van der Waals surface area contributed by atoms with E-state index in [1.165, 1.54) is 4.90 Å². The van der Waals surface area contributed by atoms with Gasteiger partial charge < -0.3 is 25.4 Å². The Balaban J connectivity index is 1.28. The minimum Gasteiger partial charge on any atom is -0.494 e. The molecule has 2 bridgehead atoms. The third-order valence-electron chi connectivity index (χ3n) is 8.74. The quantitative estimate of drug-likeness (QED) is 0.352. The van der Waals surface area contributed by atoms with Gasteiger partial charge in [0.2, 0.25) is 17.7 Å². The van der Waals surface area contributed by atoms with Gasteiger partial charge in [-0.25, -0.2) is 4.68 Å². The molecule has 12 heteroatoms. The predicted molar refractivity (Wildman–Crippen MR) is 154 cm³/mol. The standard InChI is InChI=1S/C29H34N6O5S/c1-4-40-19-11-9-18(10-12-19)31-25(37)22-23-27(39)35(17(2)15-36)24(29(23)14-13-28(22,3)41-29)26(38)30-16-34-21-8-6-5-7-20(21)32-33-34/h5-12,17,22-24,36H,4,13-16H2,1-3H3,(H,30,38)(H,31,37)/t17-,22+,23+,24?,28-,29?/m1/s1. The van der Waals surface area contributed by atoms with Gasteiger partial charge in [-0.1, -0.05) is 17.3 Å². The first-order valence-electron chi connectivity index (χ1n) is 14.0. The summed E-state index contributed by atoms with van der Waals surface area (Å²) in [6.07, 6.45) is 1.32. The van der Waals surface area contributed by atoms with Crippen LogP contribution >= 0.6 is 11.8 Å². The molecule has 2 unspecified atom stereocenters. The number of carbonyl (C=O) groups excluding carboxylic acids is 3. The van der Waals surface area contributed by atoms with Crippen LogP contribution in [0.5, 0.6) is 5.75 Å². The van der Waals surface area contributed by atoms with E-state index in [-0.39, 0.29) is 31.0 Å². The lowest BCUT2D eigenvalue weighted by Crippen LogP contribution is -2.56. The molecule has 3 aromatic rings. The lowest BCUT2D eigenvalue weighted by Gasteiger charge is -2.35. The molecule has 0 aliphatic carbocycles. The van der Waals surface area contributed by atoms with Crippen LogP contribution < -0.4 is 15.4 Å². The molecule has 3 saturated heterocycles. The van der Waals surface area contributed by atoms with Crippen LogP contribution in [0.15, 0.2) is 48.5 Å². The summed E-state index contributed by atoms with van der Waals surface area (Å²) in [5, 5.41) is 24.4. The highest BCUT2D eigenvalue weighted by Gasteiger charge is 2.77. The molecule has 6 rings (SSSR count). The number of hydrogen-bond donors (Lipinski definition) is 3. The Bertz CT molecular complexity index is 1500. The van der Waals surface area contributed by atoms with Gasteiger partial charge >= 0.3 is 0 Å². The van der Waals surface area contributed by atoms with Gasteiger partial charge in [-0.05, 0) is 70.0 Å². The lowest BCUT2D eigenvalue weighted by atomic mass is 9.66. The second-order valence-electron chi connectivity index (χ2n) is 11.2. The van der Waals surface area contributed by atoms with Crippen molar-refractivity contribution in [1.82, 2.24) is 25.2 Å². The van der Waals surface area contributed by atoms with Crippen molar-refractivity contribution in [2.24, 2.45) is 11.8 Å². The Labute approximate surface area is 242 Å². The van der Waals surface area contributed by atoms with Crippen molar-refractivity contribution in [2.45, 2.75) is 61.9 Å². The van der Waals surface area contributed by atoms with Crippen LogP contribution in [-0.2, 0) is 21.1 Å². The molecule has 3 aliphatic rings. The Morgan fingerprint density at radius 3 is 2.66 bits per heavy atom. The number of nitrogens with one attached hydrogen (secondary N) is 2. The number of rotatable bonds is 9. The SMILES string of the molecule is CCOc1ccc(NC(=O)[C@@H]2[C@H]3C(=O)N([C@H](C)CO)C(C(=O)NCn4nnc5ccccc54)C34CC[C@@]2(C)S4)cc1. The number of aliphatic hydroxyl groups is 1. The Kier molecular flexibility index (Phi) is 6.93. The summed E-state index contributed by atoms with van der Waals surface area (Å²) in [5.74, 6) is -1.45. The summed E-state index contributed by atoms with van der Waals surface area (Å²) in [5.41, 5.74) is 2.11. The lowest BCUT2D eigenvalue weighted by molar-refractivity contribution is -0.142. The van der Waals surface area contributed by atoms with Crippen molar-refractivity contribution in [1.29, 1.82) is 0 Å². The molecular formula is C29H34N6O5S. The van der Waals surface area contributed by atoms with Crippen LogP contribution in [0.4, 0.5) is 5.69 Å². The maximum absolute atomic E-state index is 14.1. The van der Waals surface area contributed by atoms with Crippen molar-refractivity contribution < 1.29 is 24.2 Å². The van der Waals surface area contributed by atoms with Gasteiger partial charge in [0.25, 0.3) is 0 Å². The molecule has 3 amide bonds. The maximum Gasteiger partial charge on any atom is 0.245 e. The number of likely N-dealkylation sites (tertiary alicyclic amines) is 1. The van der Waals surface area contributed by atoms with Crippen LogP contribution in [0.2, 0.25) is 0 Å². The number of ether oxygens (including phenoxy) is 1. The number of benzene rings is 2. The highest BCUT2D eigenvalue weighted by molar-refractivity contribution is 8.02. The second kappa shape index (κ2) is 10.3. The molecular weight excluding hydrogens is 544 g/mol. The number of aromatic nitrogens is 3. The second-order valence-corrected chi connectivity index (χ2v) is 13.1. The van der Waals surface area contributed by atoms with E-state index >= 15 is 0 Å². The third-order valence-corrected chi connectivity index (χ3v) is 10.7. The summed E-state index contributed by atoms with van der Waals surface area (Å²) in [6, 6.07) is 13.2. The van der Waals surface area contributed by atoms with Crippen LogP contribution in [0.1, 0.15) is 33.6 Å². The van der Waals surface area contributed by atoms with Gasteiger partial charge in [-0.2, -0.15) is 0 Å². The Morgan fingerprint density at radius 1 is 1.17 bits per heavy atom. The average molecular weight is 579 g/mol. The van der Waals surface area contributed by atoms with Crippen LogP contribution in [0.25, 0.3) is 11.0 Å². The molecule has 2 aromatic carbocycles. The number of hydrogen-bond acceptors (Lipinski definition) is 8. The minimum atomic E-state index is -0.841.